The second-order valence-corrected chi connectivity index (χ2v) is 11.8. The summed E-state index contributed by atoms with van der Waals surface area (Å²) in [4.78, 5) is 28.6. The molecule has 1 amide bonds. The van der Waals surface area contributed by atoms with Crippen LogP contribution in [0.1, 0.15) is 61.4 Å². The minimum atomic E-state index is -0.650. The van der Waals surface area contributed by atoms with Crippen molar-refractivity contribution >= 4 is 22.6 Å². The van der Waals surface area contributed by atoms with E-state index in [9.17, 15) is 9.59 Å². The lowest BCUT2D eigenvalue weighted by atomic mass is 9.55. The molecule has 0 aromatic heterocycles. The van der Waals surface area contributed by atoms with Gasteiger partial charge in [-0.15, -0.1) is 0 Å². The Morgan fingerprint density at radius 2 is 1.79 bits per heavy atom. The Bertz CT molecular complexity index is 1380. The molecule has 1 saturated heterocycles. The molecule has 6 heteroatoms. The average Bonchev–Trinajstić information content (AvgIpc) is 3.76. The van der Waals surface area contributed by atoms with Crippen molar-refractivity contribution in [2.45, 2.75) is 62.5 Å². The molecule has 2 aliphatic carbocycles. The van der Waals surface area contributed by atoms with Gasteiger partial charge in [0.05, 0.1) is 7.11 Å². The number of likely N-dealkylation sites (tertiary alicyclic amines) is 1. The van der Waals surface area contributed by atoms with Gasteiger partial charge in [-0.1, -0.05) is 42.5 Å². The van der Waals surface area contributed by atoms with E-state index >= 15 is 0 Å². The number of nitrogens with one attached hydrogen (secondary N) is 1. The third-order valence-corrected chi connectivity index (χ3v) is 9.22. The Morgan fingerprint density at radius 1 is 0.974 bits per heavy atom. The molecule has 0 spiro atoms. The van der Waals surface area contributed by atoms with E-state index < -0.39 is 11.0 Å². The number of fused-ring (bicyclic) bond motifs is 2. The van der Waals surface area contributed by atoms with Crippen molar-refractivity contribution in [3.8, 4) is 5.75 Å². The first-order valence-corrected chi connectivity index (χ1v) is 14.3. The van der Waals surface area contributed by atoms with E-state index in [-0.39, 0.29) is 17.9 Å². The Labute approximate surface area is 230 Å². The number of carbonyl (C=O) groups is 2. The molecule has 3 fully saturated rings. The molecule has 0 unspecified atom stereocenters. The summed E-state index contributed by atoms with van der Waals surface area (Å²) in [7, 11) is 1.68. The van der Waals surface area contributed by atoms with Crippen LogP contribution in [0.5, 0.6) is 5.75 Å². The summed E-state index contributed by atoms with van der Waals surface area (Å²) < 4.78 is 12.0. The van der Waals surface area contributed by atoms with Gasteiger partial charge in [-0.05, 0) is 91.6 Å². The molecule has 39 heavy (non-hydrogen) atoms. The van der Waals surface area contributed by atoms with Crippen LogP contribution in [-0.2, 0) is 14.9 Å². The van der Waals surface area contributed by atoms with Crippen LogP contribution >= 0.6 is 0 Å². The van der Waals surface area contributed by atoms with Gasteiger partial charge in [0.15, 0.2) is 0 Å². The molecular weight excluding hydrogens is 488 g/mol. The number of amides is 1. The molecule has 2 saturated carbocycles. The van der Waals surface area contributed by atoms with Crippen molar-refractivity contribution in [3.05, 3.63) is 77.9 Å². The SMILES string of the molecule is COc1cccc([C@@]23CCN(CC4CC4)C[C@@]2(OC(C)=O)CC[C@H](NC(=O)c2ccc4ccccc4c2)C3)c1. The average molecular weight is 527 g/mol. The topological polar surface area (TPSA) is 67.9 Å². The summed E-state index contributed by atoms with van der Waals surface area (Å²) in [5, 5.41) is 5.53. The molecule has 3 aliphatic rings. The number of ether oxygens (including phenoxy) is 2. The summed E-state index contributed by atoms with van der Waals surface area (Å²) in [5.74, 6) is 1.26. The van der Waals surface area contributed by atoms with Crippen molar-refractivity contribution in [1.82, 2.24) is 10.2 Å². The number of piperidine rings is 1. The number of methoxy groups -OCH3 is 1. The fraction of sp³-hybridized carbons (Fsp3) is 0.455. The monoisotopic (exact) mass is 526 g/mol. The number of hydrogen-bond acceptors (Lipinski definition) is 5. The lowest BCUT2D eigenvalue weighted by Crippen LogP contribution is -2.68. The molecule has 0 bridgehead atoms. The van der Waals surface area contributed by atoms with Crippen molar-refractivity contribution < 1.29 is 19.1 Å². The molecular formula is C33H38N2O4. The lowest BCUT2D eigenvalue weighted by molar-refractivity contribution is -0.186. The largest absolute Gasteiger partial charge is 0.497 e. The molecule has 3 atom stereocenters. The highest BCUT2D eigenvalue weighted by atomic mass is 16.6. The van der Waals surface area contributed by atoms with E-state index in [0.29, 0.717) is 18.4 Å². The Balaban J connectivity index is 1.33. The molecule has 3 aromatic carbocycles. The summed E-state index contributed by atoms with van der Waals surface area (Å²) in [6, 6.07) is 22.1. The lowest BCUT2D eigenvalue weighted by Gasteiger charge is -2.59. The van der Waals surface area contributed by atoms with Crippen LogP contribution in [0.25, 0.3) is 10.8 Å². The highest BCUT2D eigenvalue weighted by molar-refractivity contribution is 5.98. The zero-order valence-corrected chi connectivity index (χ0v) is 22.9. The first-order chi connectivity index (χ1) is 18.9. The van der Waals surface area contributed by atoms with Crippen molar-refractivity contribution in [2.75, 3.05) is 26.7 Å². The Kier molecular flexibility index (Phi) is 6.84. The molecule has 1 aliphatic heterocycles. The summed E-state index contributed by atoms with van der Waals surface area (Å²) >= 11 is 0. The van der Waals surface area contributed by atoms with Gasteiger partial charge in [-0.3, -0.25) is 14.5 Å². The number of carbonyl (C=O) groups excluding carboxylic acids is 2. The normalized spacial score (nSPS) is 27.0. The zero-order chi connectivity index (χ0) is 27.0. The quantitative estimate of drug-likeness (QED) is 0.413. The van der Waals surface area contributed by atoms with E-state index in [1.807, 2.05) is 48.5 Å². The van der Waals surface area contributed by atoms with Crippen molar-refractivity contribution in [2.24, 2.45) is 5.92 Å². The van der Waals surface area contributed by atoms with E-state index in [1.165, 1.54) is 19.8 Å². The molecule has 1 heterocycles. The standard InChI is InChI=1S/C33H38N2O4/c1-23(36)39-33-15-14-29(34-31(37)27-13-12-25-6-3-4-7-26(25)18-27)20-32(33,28-8-5-9-30(19-28)38-2)16-17-35(22-33)21-24-10-11-24/h3-9,12-13,18-19,24,29H,10-11,14-17,20-22H2,1-2H3,(H,34,37)/t29-,32-,33-/m0/s1. The molecule has 6 rings (SSSR count). The van der Waals surface area contributed by atoms with E-state index in [4.69, 9.17) is 9.47 Å². The smallest absolute Gasteiger partial charge is 0.303 e. The summed E-state index contributed by atoms with van der Waals surface area (Å²) in [5.41, 5.74) is 0.717. The molecule has 204 valence electrons. The minimum absolute atomic E-state index is 0.0335. The van der Waals surface area contributed by atoms with Gasteiger partial charge in [-0.25, -0.2) is 0 Å². The zero-order valence-electron chi connectivity index (χ0n) is 22.9. The number of nitrogens with zero attached hydrogens (tertiary/aromatic N) is 1. The van der Waals surface area contributed by atoms with Crippen LogP contribution in [0, 0.1) is 5.92 Å². The highest BCUT2D eigenvalue weighted by Gasteiger charge is 2.61. The number of hydrogen-bond donors (Lipinski definition) is 1. The van der Waals surface area contributed by atoms with Crippen LogP contribution < -0.4 is 10.1 Å². The Morgan fingerprint density at radius 3 is 2.56 bits per heavy atom. The second-order valence-electron chi connectivity index (χ2n) is 11.8. The van der Waals surface area contributed by atoms with Gasteiger partial charge in [-0.2, -0.15) is 0 Å². The van der Waals surface area contributed by atoms with E-state index in [2.05, 4.69) is 28.4 Å². The van der Waals surface area contributed by atoms with Crippen LogP contribution in [0.15, 0.2) is 66.7 Å². The maximum absolute atomic E-state index is 13.5. The first-order valence-electron chi connectivity index (χ1n) is 14.3. The maximum Gasteiger partial charge on any atom is 0.303 e. The Hall–Kier alpha value is -3.38. The molecule has 6 nitrogen and oxygen atoms in total. The van der Waals surface area contributed by atoms with E-state index in [1.54, 1.807) is 7.11 Å². The third kappa shape index (κ3) is 5.03. The maximum atomic E-state index is 13.5. The van der Waals surface area contributed by atoms with Gasteiger partial charge in [0.25, 0.3) is 5.91 Å². The summed E-state index contributed by atoms with van der Waals surface area (Å²) in [6.45, 7) is 4.27. The fourth-order valence-corrected chi connectivity index (χ4v) is 7.15. The van der Waals surface area contributed by atoms with Gasteiger partial charge >= 0.3 is 5.97 Å². The minimum Gasteiger partial charge on any atom is -0.497 e. The summed E-state index contributed by atoms with van der Waals surface area (Å²) in [6.07, 6.45) is 5.62. The van der Waals surface area contributed by atoms with Crippen LogP contribution in [-0.4, -0.2) is 55.2 Å². The molecule has 1 N–H and O–H groups in total. The van der Waals surface area contributed by atoms with Crippen LogP contribution in [0.2, 0.25) is 0 Å². The predicted octanol–water partition coefficient (Wildman–Crippen LogP) is 5.49. The number of benzene rings is 3. The van der Waals surface area contributed by atoms with Gasteiger partial charge in [0, 0.05) is 37.0 Å². The predicted molar refractivity (Wildman–Crippen MR) is 152 cm³/mol. The fourth-order valence-electron chi connectivity index (χ4n) is 7.15. The number of esters is 1. The van der Waals surface area contributed by atoms with Crippen molar-refractivity contribution in [3.63, 3.8) is 0 Å². The molecule has 0 radical (unpaired) electrons. The van der Waals surface area contributed by atoms with E-state index in [0.717, 1.165) is 60.5 Å². The third-order valence-electron chi connectivity index (χ3n) is 9.22. The van der Waals surface area contributed by atoms with Gasteiger partial charge in [0.1, 0.15) is 11.4 Å². The van der Waals surface area contributed by atoms with Crippen molar-refractivity contribution in [1.29, 1.82) is 0 Å². The van der Waals surface area contributed by atoms with Gasteiger partial charge in [0.2, 0.25) is 0 Å². The first kappa shape index (κ1) is 25.9. The number of rotatable bonds is 7. The molecule has 3 aromatic rings. The second kappa shape index (κ2) is 10.3. The van der Waals surface area contributed by atoms with Gasteiger partial charge < -0.3 is 14.8 Å². The highest BCUT2D eigenvalue weighted by Crippen LogP contribution is 2.54. The van der Waals surface area contributed by atoms with Crippen LogP contribution in [0.3, 0.4) is 0 Å². The van der Waals surface area contributed by atoms with Crippen LogP contribution in [0.4, 0.5) is 0 Å².